The first-order chi connectivity index (χ1) is 12.0. The van der Waals surface area contributed by atoms with Gasteiger partial charge in [0.15, 0.2) is 11.6 Å². The monoisotopic (exact) mass is 347 g/mol. The molecule has 0 unspecified atom stereocenters. The number of anilines is 1. The molecule has 2 rings (SSSR count). The van der Waals surface area contributed by atoms with Gasteiger partial charge in [0, 0.05) is 13.2 Å². The molecule has 1 N–H and O–H groups in total. The zero-order chi connectivity index (χ0) is 18.2. The number of carbonyl (C=O) groups excluding carboxylic acids is 1. The molecular weight excluding hydrogens is 325 g/mol. The van der Waals surface area contributed by atoms with Crippen molar-refractivity contribution >= 4 is 11.7 Å². The molecule has 2 aromatic rings. The Hall–Kier alpha value is -2.83. The maximum Gasteiger partial charge on any atom is 0.321 e. The molecule has 2 amide bonds. The van der Waals surface area contributed by atoms with Crippen molar-refractivity contribution in [2.24, 2.45) is 0 Å². The quantitative estimate of drug-likeness (QED) is 0.832. The molecule has 0 aliphatic carbocycles. The van der Waals surface area contributed by atoms with Crippen LogP contribution in [0.15, 0.2) is 42.6 Å². The van der Waals surface area contributed by atoms with Crippen LogP contribution in [-0.4, -0.2) is 42.2 Å². The van der Waals surface area contributed by atoms with Crippen LogP contribution >= 0.6 is 0 Å². The summed E-state index contributed by atoms with van der Waals surface area (Å²) in [7, 11) is 1.62. The highest BCUT2D eigenvalue weighted by Crippen LogP contribution is 2.22. The summed E-state index contributed by atoms with van der Waals surface area (Å²) >= 11 is 0. The molecule has 1 heterocycles. The number of pyridine rings is 1. The molecule has 0 bridgehead atoms. The maximum absolute atomic E-state index is 13.5. The maximum atomic E-state index is 13.5. The third kappa shape index (κ3) is 5.63. The summed E-state index contributed by atoms with van der Waals surface area (Å²) < 4.78 is 24.4. The third-order valence-corrected chi connectivity index (χ3v) is 3.23. The Balaban J connectivity index is 1.87. The normalized spacial score (nSPS) is 10.4. The van der Waals surface area contributed by atoms with Gasteiger partial charge in [-0.25, -0.2) is 14.2 Å². The SMILES string of the molecule is CC(C)Oc1ncccc1NC(=O)N(C)CCOc1ccccc1F. The van der Waals surface area contributed by atoms with E-state index in [4.69, 9.17) is 9.47 Å². The number of amides is 2. The summed E-state index contributed by atoms with van der Waals surface area (Å²) in [6.07, 6.45) is 1.54. The number of aromatic nitrogens is 1. The Bertz CT molecular complexity index is 709. The molecule has 1 aromatic carbocycles. The van der Waals surface area contributed by atoms with Gasteiger partial charge >= 0.3 is 6.03 Å². The van der Waals surface area contributed by atoms with Crippen molar-refractivity contribution in [3.8, 4) is 11.6 Å². The van der Waals surface area contributed by atoms with Gasteiger partial charge in [-0.2, -0.15) is 0 Å². The minimum absolute atomic E-state index is 0.0579. The van der Waals surface area contributed by atoms with Crippen LogP contribution in [0.1, 0.15) is 13.8 Å². The molecule has 0 saturated carbocycles. The number of nitrogens with zero attached hydrogens (tertiary/aromatic N) is 2. The second kappa shape index (κ2) is 8.86. The van der Waals surface area contributed by atoms with Gasteiger partial charge in [-0.3, -0.25) is 0 Å². The van der Waals surface area contributed by atoms with E-state index in [1.165, 1.54) is 11.0 Å². The lowest BCUT2D eigenvalue weighted by Crippen LogP contribution is -2.34. The number of carbonyl (C=O) groups is 1. The Labute approximate surface area is 146 Å². The molecule has 25 heavy (non-hydrogen) atoms. The number of hydrogen-bond donors (Lipinski definition) is 1. The zero-order valence-corrected chi connectivity index (χ0v) is 14.5. The molecule has 1 aromatic heterocycles. The second-order valence-electron chi connectivity index (χ2n) is 5.65. The Morgan fingerprint density at radius 1 is 1.28 bits per heavy atom. The lowest BCUT2D eigenvalue weighted by molar-refractivity contribution is 0.205. The van der Waals surface area contributed by atoms with Crippen LogP contribution in [0.4, 0.5) is 14.9 Å². The van der Waals surface area contributed by atoms with Gasteiger partial charge in [0.1, 0.15) is 12.3 Å². The number of ether oxygens (including phenoxy) is 2. The molecule has 0 aliphatic heterocycles. The van der Waals surface area contributed by atoms with Crippen molar-refractivity contribution in [1.29, 1.82) is 0 Å². The summed E-state index contributed by atoms with van der Waals surface area (Å²) in [5, 5.41) is 2.75. The summed E-state index contributed by atoms with van der Waals surface area (Å²) in [4.78, 5) is 17.8. The van der Waals surface area contributed by atoms with Crippen molar-refractivity contribution in [3.05, 3.63) is 48.4 Å². The highest BCUT2D eigenvalue weighted by molar-refractivity contribution is 5.90. The molecule has 0 radical (unpaired) electrons. The number of para-hydroxylation sites is 1. The molecule has 0 atom stereocenters. The van der Waals surface area contributed by atoms with E-state index in [9.17, 15) is 9.18 Å². The Morgan fingerprint density at radius 3 is 2.76 bits per heavy atom. The average Bonchev–Trinajstić information content (AvgIpc) is 2.57. The van der Waals surface area contributed by atoms with Gasteiger partial charge in [0.25, 0.3) is 0 Å². The lowest BCUT2D eigenvalue weighted by atomic mass is 10.3. The molecule has 0 spiro atoms. The van der Waals surface area contributed by atoms with Crippen LogP contribution in [0, 0.1) is 5.82 Å². The second-order valence-corrected chi connectivity index (χ2v) is 5.65. The number of benzene rings is 1. The number of nitrogens with one attached hydrogen (secondary N) is 1. The Morgan fingerprint density at radius 2 is 2.04 bits per heavy atom. The van der Waals surface area contributed by atoms with Crippen LogP contribution in [0.25, 0.3) is 0 Å². The largest absolute Gasteiger partial charge is 0.489 e. The van der Waals surface area contributed by atoms with E-state index < -0.39 is 5.82 Å². The number of halogens is 1. The summed E-state index contributed by atoms with van der Waals surface area (Å²) in [6, 6.07) is 9.24. The predicted molar refractivity (Wildman–Crippen MR) is 93.5 cm³/mol. The van der Waals surface area contributed by atoms with Crippen molar-refractivity contribution < 1.29 is 18.7 Å². The smallest absolute Gasteiger partial charge is 0.321 e. The number of urea groups is 1. The fourth-order valence-electron chi connectivity index (χ4n) is 1.97. The van der Waals surface area contributed by atoms with E-state index in [0.717, 1.165) is 0 Å². The van der Waals surface area contributed by atoms with Crippen LogP contribution in [0.5, 0.6) is 11.6 Å². The van der Waals surface area contributed by atoms with Crippen LogP contribution < -0.4 is 14.8 Å². The van der Waals surface area contributed by atoms with Gasteiger partial charge < -0.3 is 19.7 Å². The predicted octanol–water partition coefficient (Wildman–Crippen LogP) is 3.55. The minimum Gasteiger partial charge on any atom is -0.489 e. The van der Waals surface area contributed by atoms with E-state index in [-0.39, 0.29) is 24.5 Å². The van der Waals surface area contributed by atoms with E-state index in [2.05, 4.69) is 10.3 Å². The van der Waals surface area contributed by atoms with Crippen LogP contribution in [0.2, 0.25) is 0 Å². The third-order valence-electron chi connectivity index (χ3n) is 3.23. The first-order valence-electron chi connectivity index (χ1n) is 7.98. The fourth-order valence-corrected chi connectivity index (χ4v) is 1.97. The van der Waals surface area contributed by atoms with E-state index in [0.29, 0.717) is 18.1 Å². The van der Waals surface area contributed by atoms with E-state index in [1.54, 1.807) is 43.6 Å². The number of likely N-dealkylation sites (N-methyl/N-ethyl adjacent to an activating group) is 1. The first kappa shape index (κ1) is 18.5. The topological polar surface area (TPSA) is 63.7 Å². The molecule has 0 saturated heterocycles. The summed E-state index contributed by atoms with van der Waals surface area (Å²) in [6.45, 7) is 4.23. The molecule has 7 heteroatoms. The summed E-state index contributed by atoms with van der Waals surface area (Å²) in [5.41, 5.74) is 0.489. The van der Waals surface area contributed by atoms with Gasteiger partial charge in [0.05, 0.1) is 12.6 Å². The average molecular weight is 347 g/mol. The van der Waals surface area contributed by atoms with Crippen LogP contribution in [0.3, 0.4) is 0 Å². The Kier molecular flexibility index (Phi) is 6.56. The zero-order valence-electron chi connectivity index (χ0n) is 14.5. The highest BCUT2D eigenvalue weighted by Gasteiger charge is 2.13. The molecule has 0 aliphatic rings. The number of hydrogen-bond acceptors (Lipinski definition) is 4. The van der Waals surface area contributed by atoms with Crippen molar-refractivity contribution in [1.82, 2.24) is 9.88 Å². The highest BCUT2D eigenvalue weighted by atomic mass is 19.1. The van der Waals surface area contributed by atoms with Crippen molar-refractivity contribution in [2.45, 2.75) is 20.0 Å². The van der Waals surface area contributed by atoms with Crippen LogP contribution in [-0.2, 0) is 0 Å². The van der Waals surface area contributed by atoms with Crippen molar-refractivity contribution in [2.75, 3.05) is 25.5 Å². The first-order valence-corrected chi connectivity index (χ1v) is 7.98. The summed E-state index contributed by atoms with van der Waals surface area (Å²) in [5.74, 6) is 0.0958. The van der Waals surface area contributed by atoms with E-state index >= 15 is 0 Å². The van der Waals surface area contributed by atoms with E-state index in [1.807, 2.05) is 13.8 Å². The van der Waals surface area contributed by atoms with Gasteiger partial charge in [-0.1, -0.05) is 12.1 Å². The van der Waals surface area contributed by atoms with Gasteiger partial charge in [0.2, 0.25) is 5.88 Å². The molecular formula is C18H22FN3O3. The standard InChI is InChI=1S/C18H22FN3O3/c1-13(2)25-17-15(8-6-10-20-17)21-18(23)22(3)11-12-24-16-9-5-4-7-14(16)19/h4-10,13H,11-12H2,1-3H3,(H,21,23). The molecule has 134 valence electrons. The molecule has 0 fully saturated rings. The lowest BCUT2D eigenvalue weighted by Gasteiger charge is -2.19. The van der Waals surface area contributed by atoms with Gasteiger partial charge in [-0.15, -0.1) is 0 Å². The van der Waals surface area contributed by atoms with Crippen molar-refractivity contribution in [3.63, 3.8) is 0 Å². The fraction of sp³-hybridized carbons (Fsp3) is 0.333. The minimum atomic E-state index is -0.430. The van der Waals surface area contributed by atoms with Gasteiger partial charge in [-0.05, 0) is 38.1 Å². The molecule has 6 nitrogen and oxygen atoms in total. The number of rotatable bonds is 7.